The lowest BCUT2D eigenvalue weighted by Gasteiger charge is -2.39. The van der Waals surface area contributed by atoms with Gasteiger partial charge in [0.25, 0.3) is 0 Å². The number of hydrogen-bond donors (Lipinski definition) is 1. The van der Waals surface area contributed by atoms with Gasteiger partial charge in [-0.1, -0.05) is 18.7 Å². The van der Waals surface area contributed by atoms with Crippen LogP contribution in [0.15, 0.2) is 36.9 Å². The van der Waals surface area contributed by atoms with Gasteiger partial charge in [-0.15, -0.1) is 0 Å². The number of amides is 2. The van der Waals surface area contributed by atoms with Crippen LogP contribution in [0.2, 0.25) is 0 Å². The number of benzene rings is 1. The van der Waals surface area contributed by atoms with Crippen LogP contribution in [-0.4, -0.2) is 54.3 Å². The molecule has 0 radical (unpaired) electrons. The van der Waals surface area contributed by atoms with Crippen LogP contribution < -0.4 is 5.32 Å². The highest BCUT2D eigenvalue weighted by molar-refractivity contribution is 5.87. The Bertz CT molecular complexity index is 686. The van der Waals surface area contributed by atoms with Crippen LogP contribution in [0.4, 0.5) is 13.2 Å². The number of likely N-dealkylation sites (N-methyl/N-ethyl adjacent to an activating group) is 1. The number of piperidine rings is 1. The summed E-state index contributed by atoms with van der Waals surface area (Å²) in [5, 5.41) is 2.82. The molecule has 1 aromatic carbocycles. The second kappa shape index (κ2) is 8.56. The first-order chi connectivity index (χ1) is 12.6. The third kappa shape index (κ3) is 5.56. The molecule has 0 aliphatic carbocycles. The van der Waals surface area contributed by atoms with Crippen LogP contribution in [0.1, 0.15) is 24.0 Å². The van der Waals surface area contributed by atoms with E-state index in [1.54, 1.807) is 14.1 Å². The quantitative estimate of drug-likeness (QED) is 0.795. The average Bonchev–Trinajstić information content (AvgIpc) is 2.61. The summed E-state index contributed by atoms with van der Waals surface area (Å²) in [6.45, 7) is 4.34. The fourth-order valence-corrected chi connectivity index (χ4v) is 3.18. The second-order valence-electron chi connectivity index (χ2n) is 6.85. The van der Waals surface area contributed by atoms with E-state index in [0.717, 1.165) is 12.1 Å². The van der Waals surface area contributed by atoms with Gasteiger partial charge in [-0.25, -0.2) is 0 Å². The average molecular weight is 383 g/mol. The Labute approximate surface area is 156 Å². The molecule has 5 nitrogen and oxygen atoms in total. The van der Waals surface area contributed by atoms with Gasteiger partial charge < -0.3 is 10.2 Å². The first kappa shape index (κ1) is 21.0. The summed E-state index contributed by atoms with van der Waals surface area (Å²) in [5.41, 5.74) is 0.00569. The summed E-state index contributed by atoms with van der Waals surface area (Å²) >= 11 is 0. The predicted molar refractivity (Wildman–Crippen MR) is 95.7 cm³/mol. The van der Waals surface area contributed by atoms with Crippen LogP contribution in [0.3, 0.4) is 0 Å². The van der Waals surface area contributed by atoms with Crippen LogP contribution >= 0.6 is 0 Å². The molecule has 0 spiro atoms. The number of hydrogen-bond acceptors (Lipinski definition) is 3. The molecule has 27 heavy (non-hydrogen) atoms. The van der Waals surface area contributed by atoms with Crippen molar-refractivity contribution in [2.24, 2.45) is 0 Å². The minimum atomic E-state index is -4.37. The van der Waals surface area contributed by atoms with Crippen molar-refractivity contribution in [1.29, 1.82) is 0 Å². The summed E-state index contributed by atoms with van der Waals surface area (Å²) in [7, 11) is 3.31. The Morgan fingerprint density at radius 3 is 2.44 bits per heavy atom. The molecule has 8 heteroatoms. The molecule has 1 aromatic rings. The smallest absolute Gasteiger partial charge is 0.350 e. The minimum Gasteiger partial charge on any atom is -0.350 e. The Morgan fingerprint density at radius 1 is 1.30 bits per heavy atom. The summed E-state index contributed by atoms with van der Waals surface area (Å²) in [6, 6.07) is 4.38. The first-order valence-electron chi connectivity index (χ1n) is 8.66. The molecular formula is C19H24F3N3O2. The number of rotatable bonds is 5. The number of nitrogens with zero attached hydrogens (tertiary/aromatic N) is 2. The van der Waals surface area contributed by atoms with E-state index >= 15 is 0 Å². The first-order valence-corrected chi connectivity index (χ1v) is 8.66. The Morgan fingerprint density at radius 2 is 1.93 bits per heavy atom. The molecule has 2 atom stereocenters. The molecule has 0 bridgehead atoms. The van der Waals surface area contributed by atoms with E-state index in [1.807, 2.05) is 4.90 Å². The zero-order valence-electron chi connectivity index (χ0n) is 15.4. The summed E-state index contributed by atoms with van der Waals surface area (Å²) in [4.78, 5) is 27.6. The second-order valence-corrected chi connectivity index (χ2v) is 6.85. The van der Waals surface area contributed by atoms with Gasteiger partial charge >= 0.3 is 6.18 Å². The summed E-state index contributed by atoms with van der Waals surface area (Å²) in [5.74, 6) is -0.383. The van der Waals surface area contributed by atoms with Gasteiger partial charge in [-0.3, -0.25) is 14.5 Å². The number of alkyl halides is 3. The van der Waals surface area contributed by atoms with Crippen molar-refractivity contribution in [3.63, 3.8) is 0 Å². The monoisotopic (exact) mass is 383 g/mol. The third-order valence-corrected chi connectivity index (χ3v) is 4.64. The largest absolute Gasteiger partial charge is 0.416 e. The lowest BCUT2D eigenvalue weighted by Crippen LogP contribution is -2.54. The third-order valence-electron chi connectivity index (χ3n) is 4.64. The molecular weight excluding hydrogens is 359 g/mol. The number of likely N-dealkylation sites (tertiary alicyclic amines) is 1. The van der Waals surface area contributed by atoms with Crippen molar-refractivity contribution in [3.8, 4) is 0 Å². The molecule has 2 amide bonds. The normalized spacial score (nSPS) is 20.8. The highest BCUT2D eigenvalue weighted by Gasteiger charge is 2.35. The van der Waals surface area contributed by atoms with Gasteiger partial charge in [-0.2, -0.15) is 13.2 Å². The van der Waals surface area contributed by atoms with Gasteiger partial charge in [0.1, 0.15) is 0 Å². The van der Waals surface area contributed by atoms with Gasteiger partial charge in [0.05, 0.1) is 11.6 Å². The molecule has 1 heterocycles. The van der Waals surface area contributed by atoms with Gasteiger partial charge in [-0.05, 0) is 36.6 Å². The van der Waals surface area contributed by atoms with Crippen molar-refractivity contribution in [2.75, 3.05) is 20.6 Å². The van der Waals surface area contributed by atoms with Crippen molar-refractivity contribution in [2.45, 2.75) is 37.6 Å². The van der Waals surface area contributed by atoms with E-state index in [2.05, 4.69) is 11.9 Å². The Hall–Kier alpha value is -2.35. The summed E-state index contributed by atoms with van der Waals surface area (Å²) in [6.07, 6.45) is -2.09. The lowest BCUT2D eigenvalue weighted by atomic mass is 9.95. The van der Waals surface area contributed by atoms with E-state index in [0.29, 0.717) is 31.5 Å². The molecule has 1 aliphatic heterocycles. The number of halogens is 3. The Kier molecular flexibility index (Phi) is 6.64. The minimum absolute atomic E-state index is 0.0977. The van der Waals surface area contributed by atoms with Gasteiger partial charge in [0.2, 0.25) is 11.8 Å². The maximum absolute atomic E-state index is 12.7. The summed E-state index contributed by atoms with van der Waals surface area (Å²) < 4.78 is 38.1. The van der Waals surface area contributed by atoms with E-state index in [4.69, 9.17) is 0 Å². The van der Waals surface area contributed by atoms with Crippen LogP contribution in [0, 0.1) is 0 Å². The van der Waals surface area contributed by atoms with Crippen LogP contribution in [0.25, 0.3) is 0 Å². The number of nitrogens with one attached hydrogen (secondary N) is 1. The molecule has 1 fully saturated rings. The van der Waals surface area contributed by atoms with Gasteiger partial charge in [0, 0.05) is 33.2 Å². The molecule has 1 saturated heterocycles. The maximum atomic E-state index is 12.7. The molecule has 0 aromatic heterocycles. The number of carbonyl (C=O) groups excluding carboxylic acids is 2. The molecule has 2 rings (SSSR count). The van der Waals surface area contributed by atoms with Gasteiger partial charge in [0.15, 0.2) is 0 Å². The van der Waals surface area contributed by atoms with Crippen molar-refractivity contribution in [3.05, 3.63) is 48.0 Å². The SMILES string of the molecule is C=CC(=O)N[C@H]1CCN(Cc2ccc(C(F)(F)F)cc2)[C@@H](C(=O)N(C)C)C1. The van der Waals surface area contributed by atoms with E-state index in [-0.39, 0.29) is 17.9 Å². The highest BCUT2D eigenvalue weighted by Crippen LogP contribution is 2.29. The van der Waals surface area contributed by atoms with E-state index in [1.165, 1.54) is 23.1 Å². The molecule has 148 valence electrons. The molecule has 0 unspecified atom stereocenters. The van der Waals surface area contributed by atoms with Crippen LogP contribution in [-0.2, 0) is 22.3 Å². The molecule has 0 saturated carbocycles. The zero-order chi connectivity index (χ0) is 20.2. The lowest BCUT2D eigenvalue weighted by molar-refractivity contribution is -0.137. The fourth-order valence-electron chi connectivity index (χ4n) is 3.18. The van der Waals surface area contributed by atoms with E-state index in [9.17, 15) is 22.8 Å². The number of carbonyl (C=O) groups is 2. The van der Waals surface area contributed by atoms with Crippen molar-refractivity contribution in [1.82, 2.24) is 15.1 Å². The highest BCUT2D eigenvalue weighted by atomic mass is 19.4. The topological polar surface area (TPSA) is 52.7 Å². The fraction of sp³-hybridized carbons (Fsp3) is 0.474. The van der Waals surface area contributed by atoms with Crippen molar-refractivity contribution >= 4 is 11.8 Å². The van der Waals surface area contributed by atoms with E-state index < -0.39 is 17.8 Å². The zero-order valence-corrected chi connectivity index (χ0v) is 15.4. The molecule has 1 aliphatic rings. The Balaban J connectivity index is 2.12. The van der Waals surface area contributed by atoms with Crippen LogP contribution in [0.5, 0.6) is 0 Å². The standard InChI is InChI=1S/C19H24F3N3O2/c1-4-17(26)23-15-9-10-25(16(11-15)18(27)24(2)3)12-13-5-7-14(8-6-13)19(20,21)22/h4-8,15-16H,1,9-12H2,2-3H3,(H,23,26)/t15-,16+/m0/s1. The van der Waals surface area contributed by atoms with Crippen molar-refractivity contribution < 1.29 is 22.8 Å². The molecule has 1 N–H and O–H groups in total. The maximum Gasteiger partial charge on any atom is 0.416 e. The predicted octanol–water partition coefficient (Wildman–Crippen LogP) is 2.43.